The monoisotopic (exact) mass is 359 g/mol. The highest BCUT2D eigenvalue weighted by molar-refractivity contribution is 8.23. The van der Waals surface area contributed by atoms with Crippen LogP contribution in [0.2, 0.25) is 0 Å². The second-order valence-corrected chi connectivity index (χ2v) is 8.46. The lowest BCUT2D eigenvalue weighted by Crippen LogP contribution is -2.45. The Labute approximate surface area is 146 Å². The fourth-order valence-corrected chi connectivity index (χ4v) is 4.30. The average molecular weight is 360 g/mol. The fraction of sp³-hybridized carbons (Fsp3) is 0.588. The van der Waals surface area contributed by atoms with E-state index in [1.807, 2.05) is 30.3 Å². The van der Waals surface area contributed by atoms with E-state index in [1.165, 1.54) is 0 Å². The summed E-state index contributed by atoms with van der Waals surface area (Å²) in [7, 11) is 0. The molecule has 1 heterocycles. The van der Waals surface area contributed by atoms with E-state index < -0.39 is 16.8 Å². The lowest BCUT2D eigenvalue weighted by Gasteiger charge is -2.36. The molecule has 1 fully saturated rings. The predicted molar refractivity (Wildman–Crippen MR) is 95.9 cm³/mol. The Balaban J connectivity index is 2.03. The van der Waals surface area contributed by atoms with Crippen molar-refractivity contribution < 1.29 is 13.9 Å². The number of hydrogen-bond acceptors (Lipinski definition) is 3. The minimum atomic E-state index is -3.31. The molecule has 0 amide bonds. The Morgan fingerprint density at radius 1 is 1.26 bits per heavy atom. The number of halogens is 2. The molecule has 6 heteroatoms. The number of likely N-dealkylation sites (tertiary alicyclic amines) is 1. The Morgan fingerprint density at radius 2 is 1.83 bits per heavy atom. The third-order valence-electron chi connectivity index (χ3n) is 4.15. The number of alkyl halides is 2. The van der Waals surface area contributed by atoms with Gasteiger partial charge in [-0.1, -0.05) is 56.4 Å². The van der Waals surface area contributed by atoms with E-state index in [-0.39, 0.29) is 4.32 Å². The van der Waals surface area contributed by atoms with E-state index in [2.05, 4.69) is 0 Å². The summed E-state index contributed by atoms with van der Waals surface area (Å²) in [5.74, 6) is 0. The molecule has 1 aliphatic rings. The molecular weight excluding hydrogens is 336 g/mol. The molecule has 0 aromatic heterocycles. The van der Waals surface area contributed by atoms with Gasteiger partial charge in [-0.05, 0) is 36.6 Å². The van der Waals surface area contributed by atoms with Crippen LogP contribution in [0.3, 0.4) is 0 Å². The van der Waals surface area contributed by atoms with Crippen molar-refractivity contribution in [1.82, 2.24) is 4.90 Å². The van der Waals surface area contributed by atoms with Gasteiger partial charge in [-0.2, -0.15) is 8.78 Å². The van der Waals surface area contributed by atoms with Crippen LogP contribution in [-0.2, 0) is 6.42 Å². The number of aliphatic hydroxyl groups excluding tert-OH is 1. The maximum Gasteiger partial charge on any atom is 0.326 e. The molecule has 0 bridgehead atoms. The third-order valence-corrected chi connectivity index (χ3v) is 5.59. The molecule has 128 valence electrons. The molecule has 1 aromatic carbocycles. The lowest BCUT2D eigenvalue weighted by atomic mass is 9.80. The zero-order valence-electron chi connectivity index (χ0n) is 13.5. The van der Waals surface area contributed by atoms with Crippen molar-refractivity contribution in [3.05, 3.63) is 35.9 Å². The highest BCUT2D eigenvalue weighted by Crippen LogP contribution is 2.43. The molecule has 1 aromatic rings. The number of benzene rings is 1. The average Bonchev–Trinajstić information content (AvgIpc) is 3.01. The highest BCUT2D eigenvalue weighted by atomic mass is 32.2. The van der Waals surface area contributed by atoms with Crippen molar-refractivity contribution in [1.29, 1.82) is 0 Å². The maximum absolute atomic E-state index is 14.5. The van der Waals surface area contributed by atoms with Crippen LogP contribution in [0, 0.1) is 5.41 Å². The summed E-state index contributed by atoms with van der Waals surface area (Å²) in [5.41, 5.74) is -0.0298. The van der Waals surface area contributed by atoms with Gasteiger partial charge in [0.1, 0.15) is 10.4 Å². The summed E-state index contributed by atoms with van der Waals surface area (Å²) in [6.07, 6.45) is 0.561. The van der Waals surface area contributed by atoms with E-state index in [1.54, 1.807) is 18.7 Å². The summed E-state index contributed by atoms with van der Waals surface area (Å²) in [6, 6.07) is 9.38. The van der Waals surface area contributed by atoms with Crippen molar-refractivity contribution in [2.75, 3.05) is 13.1 Å². The van der Waals surface area contributed by atoms with Crippen LogP contribution < -0.4 is 0 Å². The topological polar surface area (TPSA) is 23.5 Å². The van der Waals surface area contributed by atoms with Crippen LogP contribution in [0.5, 0.6) is 0 Å². The highest BCUT2D eigenvalue weighted by Gasteiger charge is 2.49. The Hall–Kier alpha value is -0.720. The van der Waals surface area contributed by atoms with Gasteiger partial charge in [-0.3, -0.25) is 0 Å². The lowest BCUT2D eigenvalue weighted by molar-refractivity contribution is -0.0926. The van der Waals surface area contributed by atoms with Gasteiger partial charge < -0.3 is 10.0 Å². The van der Waals surface area contributed by atoms with Crippen LogP contribution in [0.15, 0.2) is 30.3 Å². The fourth-order valence-electron chi connectivity index (χ4n) is 2.81. The summed E-state index contributed by atoms with van der Waals surface area (Å²) < 4.78 is 29.2. The van der Waals surface area contributed by atoms with Crippen molar-refractivity contribution in [2.45, 2.75) is 44.5 Å². The van der Waals surface area contributed by atoms with Crippen LogP contribution in [0.4, 0.5) is 8.78 Å². The molecule has 1 atom stereocenters. The van der Waals surface area contributed by atoms with Crippen LogP contribution in [-0.4, -0.2) is 38.8 Å². The number of thiocarbonyl (C=S) groups is 1. The van der Waals surface area contributed by atoms with E-state index >= 15 is 0 Å². The third kappa shape index (κ3) is 4.88. The standard InChI is InChI=1S/C17H23F2NOS2/c1-16(2,12-13-8-4-3-5-9-13)14(21)17(18,19)23-15(22)20-10-6-7-11-20/h3-5,8-9,14,21H,6-7,10-12H2,1-2H3. The second-order valence-electron chi connectivity index (χ2n) is 6.68. The van der Waals surface area contributed by atoms with Gasteiger partial charge in [0.2, 0.25) is 0 Å². The number of nitrogens with zero attached hydrogens (tertiary/aromatic N) is 1. The zero-order valence-corrected chi connectivity index (χ0v) is 15.1. The molecule has 1 unspecified atom stereocenters. The van der Waals surface area contributed by atoms with E-state index in [0.29, 0.717) is 18.2 Å². The Kier molecular flexibility index (Phi) is 6.03. The van der Waals surface area contributed by atoms with Gasteiger partial charge in [-0.25, -0.2) is 0 Å². The van der Waals surface area contributed by atoms with Crippen LogP contribution >= 0.6 is 24.0 Å². The number of aliphatic hydroxyl groups is 1. The molecule has 0 radical (unpaired) electrons. The van der Waals surface area contributed by atoms with Crippen molar-refractivity contribution in [3.8, 4) is 0 Å². The first-order chi connectivity index (χ1) is 10.7. The molecule has 1 N–H and O–H groups in total. The normalized spacial score (nSPS) is 17.3. The zero-order chi connectivity index (χ0) is 17.1. The molecule has 23 heavy (non-hydrogen) atoms. The quantitative estimate of drug-likeness (QED) is 0.791. The number of rotatable bonds is 5. The van der Waals surface area contributed by atoms with Gasteiger partial charge in [0.05, 0.1) is 0 Å². The molecule has 0 saturated carbocycles. The molecule has 0 spiro atoms. The molecule has 1 saturated heterocycles. The summed E-state index contributed by atoms with van der Waals surface area (Å²) >= 11 is 5.45. The molecule has 0 aliphatic carbocycles. The molecule has 1 aliphatic heterocycles. The summed E-state index contributed by atoms with van der Waals surface area (Å²) in [6.45, 7) is 4.78. The minimum absolute atomic E-state index is 0.182. The number of hydrogen-bond donors (Lipinski definition) is 1. The van der Waals surface area contributed by atoms with Crippen molar-refractivity contribution in [2.24, 2.45) is 5.41 Å². The predicted octanol–water partition coefficient (Wildman–Crippen LogP) is 4.32. The van der Waals surface area contributed by atoms with Gasteiger partial charge in [0.15, 0.2) is 0 Å². The summed E-state index contributed by atoms with van der Waals surface area (Å²) in [4.78, 5) is 1.80. The van der Waals surface area contributed by atoms with E-state index in [4.69, 9.17) is 12.2 Å². The molecule has 2 rings (SSSR count). The molecular formula is C17H23F2NOS2. The van der Waals surface area contributed by atoms with Crippen molar-refractivity contribution in [3.63, 3.8) is 0 Å². The van der Waals surface area contributed by atoms with Gasteiger partial charge >= 0.3 is 5.25 Å². The number of thioether (sulfide) groups is 1. The first-order valence-electron chi connectivity index (χ1n) is 7.80. The van der Waals surface area contributed by atoms with Crippen LogP contribution in [0.25, 0.3) is 0 Å². The van der Waals surface area contributed by atoms with Crippen molar-refractivity contribution >= 4 is 28.3 Å². The SMILES string of the molecule is CC(C)(Cc1ccccc1)C(O)C(F)(F)SC(=S)N1CCCC1. The first-order valence-corrected chi connectivity index (χ1v) is 9.02. The Morgan fingerprint density at radius 3 is 2.39 bits per heavy atom. The van der Waals surface area contributed by atoms with E-state index in [0.717, 1.165) is 31.5 Å². The maximum atomic E-state index is 14.5. The Bertz CT molecular complexity index is 531. The van der Waals surface area contributed by atoms with Gasteiger partial charge in [0.25, 0.3) is 0 Å². The minimum Gasteiger partial charge on any atom is -0.385 e. The first kappa shape index (κ1) is 18.6. The second kappa shape index (κ2) is 7.45. The molecule has 2 nitrogen and oxygen atoms in total. The van der Waals surface area contributed by atoms with Crippen LogP contribution in [0.1, 0.15) is 32.3 Å². The summed E-state index contributed by atoms with van der Waals surface area (Å²) in [5, 5.41) is 7.00. The van der Waals surface area contributed by atoms with Gasteiger partial charge in [-0.15, -0.1) is 0 Å². The largest absolute Gasteiger partial charge is 0.385 e. The van der Waals surface area contributed by atoms with E-state index in [9.17, 15) is 13.9 Å². The van der Waals surface area contributed by atoms with Gasteiger partial charge in [0, 0.05) is 18.5 Å². The smallest absolute Gasteiger partial charge is 0.326 e.